The molecular formula is C11H24N2. The van der Waals surface area contributed by atoms with Crippen molar-refractivity contribution in [3.63, 3.8) is 0 Å². The molecule has 0 amide bonds. The summed E-state index contributed by atoms with van der Waals surface area (Å²) in [6, 6.07) is 0.672. The van der Waals surface area contributed by atoms with Gasteiger partial charge in [0.15, 0.2) is 0 Å². The molecule has 1 rings (SSSR count). The molecular weight excluding hydrogens is 160 g/mol. The number of piperazine rings is 1. The lowest BCUT2D eigenvalue weighted by atomic mass is 9.87. The number of nitrogens with one attached hydrogen (secondary N) is 1. The van der Waals surface area contributed by atoms with Crippen LogP contribution in [0.5, 0.6) is 0 Å². The van der Waals surface area contributed by atoms with E-state index in [1.165, 1.54) is 6.54 Å². The van der Waals surface area contributed by atoms with Crippen LogP contribution in [-0.4, -0.2) is 36.1 Å². The molecule has 1 saturated heterocycles. The zero-order valence-electron chi connectivity index (χ0n) is 9.72. The summed E-state index contributed by atoms with van der Waals surface area (Å²) in [6.45, 7) is 15.1. The van der Waals surface area contributed by atoms with Crippen molar-refractivity contribution >= 4 is 0 Å². The summed E-state index contributed by atoms with van der Waals surface area (Å²) in [4.78, 5) is 2.63. The number of hydrogen-bond acceptors (Lipinski definition) is 2. The highest BCUT2D eigenvalue weighted by atomic mass is 15.3. The van der Waals surface area contributed by atoms with Gasteiger partial charge in [-0.3, -0.25) is 4.90 Å². The van der Waals surface area contributed by atoms with Crippen molar-refractivity contribution in [3.05, 3.63) is 0 Å². The second kappa shape index (κ2) is 3.97. The summed E-state index contributed by atoms with van der Waals surface area (Å²) in [6.07, 6.45) is 0. The van der Waals surface area contributed by atoms with Gasteiger partial charge in [0.05, 0.1) is 0 Å². The van der Waals surface area contributed by atoms with Crippen molar-refractivity contribution in [2.75, 3.05) is 19.6 Å². The molecule has 1 aliphatic rings. The molecule has 0 aromatic heterocycles. The Morgan fingerprint density at radius 3 is 2.46 bits per heavy atom. The third kappa shape index (κ3) is 2.23. The highest BCUT2D eigenvalue weighted by molar-refractivity contribution is 4.90. The van der Waals surface area contributed by atoms with Crippen molar-refractivity contribution in [1.82, 2.24) is 10.2 Å². The molecule has 2 heteroatoms. The van der Waals surface area contributed by atoms with Crippen molar-refractivity contribution < 1.29 is 0 Å². The van der Waals surface area contributed by atoms with Gasteiger partial charge in [-0.1, -0.05) is 13.8 Å². The lowest BCUT2D eigenvalue weighted by Crippen LogP contribution is -2.59. The SMILES string of the molecule is CC1CNCCN1C(C)(C)C(C)C. The molecule has 0 aliphatic carbocycles. The molecule has 1 atom stereocenters. The highest BCUT2D eigenvalue weighted by Crippen LogP contribution is 2.26. The molecule has 0 aromatic carbocycles. The maximum absolute atomic E-state index is 3.43. The second-order valence-corrected chi connectivity index (χ2v) is 5.05. The van der Waals surface area contributed by atoms with Gasteiger partial charge in [-0.05, 0) is 26.7 Å². The Morgan fingerprint density at radius 2 is 2.00 bits per heavy atom. The summed E-state index contributed by atoms with van der Waals surface area (Å²) >= 11 is 0. The van der Waals surface area contributed by atoms with Gasteiger partial charge < -0.3 is 5.32 Å². The maximum Gasteiger partial charge on any atom is 0.0198 e. The highest BCUT2D eigenvalue weighted by Gasteiger charge is 2.34. The minimum atomic E-state index is 0.335. The Bertz CT molecular complexity index is 163. The monoisotopic (exact) mass is 184 g/mol. The first kappa shape index (κ1) is 11.0. The second-order valence-electron chi connectivity index (χ2n) is 5.05. The predicted octanol–water partition coefficient (Wildman–Crippen LogP) is 1.71. The first-order valence-electron chi connectivity index (χ1n) is 5.43. The van der Waals surface area contributed by atoms with Crippen molar-refractivity contribution in [2.45, 2.75) is 46.2 Å². The van der Waals surface area contributed by atoms with Gasteiger partial charge in [0.25, 0.3) is 0 Å². The Morgan fingerprint density at radius 1 is 1.38 bits per heavy atom. The fourth-order valence-electron chi connectivity index (χ4n) is 2.03. The van der Waals surface area contributed by atoms with E-state index < -0.39 is 0 Å². The van der Waals surface area contributed by atoms with E-state index >= 15 is 0 Å². The summed E-state index contributed by atoms with van der Waals surface area (Å²) in [5.74, 6) is 0.716. The van der Waals surface area contributed by atoms with Crippen LogP contribution < -0.4 is 5.32 Å². The van der Waals surface area contributed by atoms with Gasteiger partial charge in [0.1, 0.15) is 0 Å². The molecule has 1 fully saturated rings. The molecule has 1 heterocycles. The third-order valence-electron chi connectivity index (χ3n) is 3.65. The van der Waals surface area contributed by atoms with Crippen LogP contribution in [0.25, 0.3) is 0 Å². The van der Waals surface area contributed by atoms with Gasteiger partial charge in [-0.2, -0.15) is 0 Å². The van der Waals surface area contributed by atoms with Crippen LogP contribution in [0.4, 0.5) is 0 Å². The average Bonchev–Trinajstić information content (AvgIpc) is 2.04. The van der Waals surface area contributed by atoms with Gasteiger partial charge in [-0.15, -0.1) is 0 Å². The molecule has 0 radical (unpaired) electrons. The molecule has 78 valence electrons. The van der Waals surface area contributed by atoms with Crippen LogP contribution in [0.1, 0.15) is 34.6 Å². The molecule has 0 bridgehead atoms. The lowest BCUT2D eigenvalue weighted by molar-refractivity contribution is 0.0254. The van der Waals surface area contributed by atoms with E-state index in [2.05, 4.69) is 44.8 Å². The Balaban J connectivity index is 2.67. The van der Waals surface area contributed by atoms with Gasteiger partial charge in [-0.25, -0.2) is 0 Å². The van der Waals surface area contributed by atoms with Crippen LogP contribution in [0.2, 0.25) is 0 Å². The Kier molecular flexibility index (Phi) is 3.36. The van der Waals surface area contributed by atoms with E-state index in [4.69, 9.17) is 0 Å². The van der Waals surface area contributed by atoms with Gasteiger partial charge in [0, 0.05) is 31.2 Å². The van der Waals surface area contributed by atoms with Gasteiger partial charge in [0.2, 0.25) is 0 Å². The van der Waals surface area contributed by atoms with Crippen molar-refractivity contribution in [3.8, 4) is 0 Å². The van der Waals surface area contributed by atoms with Crippen LogP contribution in [0.3, 0.4) is 0 Å². The smallest absolute Gasteiger partial charge is 0.0198 e. The minimum absolute atomic E-state index is 0.335. The molecule has 1 N–H and O–H groups in total. The summed E-state index contributed by atoms with van der Waals surface area (Å²) in [5.41, 5.74) is 0.335. The summed E-state index contributed by atoms with van der Waals surface area (Å²) in [7, 11) is 0. The normalized spacial score (nSPS) is 26.8. The molecule has 0 spiro atoms. The van der Waals surface area contributed by atoms with Crippen molar-refractivity contribution in [1.29, 1.82) is 0 Å². The zero-order chi connectivity index (χ0) is 10.1. The van der Waals surface area contributed by atoms with Crippen LogP contribution >= 0.6 is 0 Å². The fraction of sp³-hybridized carbons (Fsp3) is 1.00. The maximum atomic E-state index is 3.43. The van der Waals surface area contributed by atoms with E-state index in [1.54, 1.807) is 0 Å². The molecule has 0 saturated carbocycles. The van der Waals surface area contributed by atoms with Crippen molar-refractivity contribution in [2.24, 2.45) is 5.92 Å². The largest absolute Gasteiger partial charge is 0.314 e. The standard InChI is InChI=1S/C11H24N2/c1-9(2)11(4,5)13-7-6-12-8-10(13)3/h9-10,12H,6-8H2,1-5H3. The number of rotatable bonds is 2. The van der Waals surface area contributed by atoms with Crippen LogP contribution in [-0.2, 0) is 0 Å². The summed E-state index contributed by atoms with van der Waals surface area (Å²) in [5, 5.41) is 3.43. The third-order valence-corrected chi connectivity index (χ3v) is 3.65. The fourth-order valence-corrected chi connectivity index (χ4v) is 2.03. The van der Waals surface area contributed by atoms with Crippen LogP contribution in [0.15, 0.2) is 0 Å². The van der Waals surface area contributed by atoms with E-state index in [9.17, 15) is 0 Å². The molecule has 13 heavy (non-hydrogen) atoms. The zero-order valence-corrected chi connectivity index (χ0v) is 9.72. The lowest BCUT2D eigenvalue weighted by Gasteiger charge is -2.47. The first-order chi connectivity index (χ1) is 5.96. The molecule has 1 unspecified atom stereocenters. The molecule has 2 nitrogen and oxygen atoms in total. The Hall–Kier alpha value is -0.0800. The molecule has 0 aromatic rings. The average molecular weight is 184 g/mol. The van der Waals surface area contributed by atoms with E-state index in [0.717, 1.165) is 13.1 Å². The molecule has 1 aliphatic heterocycles. The quantitative estimate of drug-likeness (QED) is 0.703. The van der Waals surface area contributed by atoms with E-state index in [-0.39, 0.29) is 0 Å². The minimum Gasteiger partial charge on any atom is -0.314 e. The number of hydrogen-bond donors (Lipinski definition) is 1. The van der Waals surface area contributed by atoms with E-state index in [1.807, 2.05) is 0 Å². The van der Waals surface area contributed by atoms with Crippen LogP contribution in [0, 0.1) is 5.92 Å². The topological polar surface area (TPSA) is 15.3 Å². The van der Waals surface area contributed by atoms with E-state index in [0.29, 0.717) is 17.5 Å². The Labute approximate surface area is 82.7 Å². The predicted molar refractivity (Wildman–Crippen MR) is 58.0 cm³/mol. The number of nitrogens with zero attached hydrogens (tertiary/aromatic N) is 1. The summed E-state index contributed by atoms with van der Waals surface area (Å²) < 4.78 is 0. The van der Waals surface area contributed by atoms with Gasteiger partial charge >= 0.3 is 0 Å². The first-order valence-corrected chi connectivity index (χ1v) is 5.43.